The Bertz CT molecular complexity index is 1170. The number of nitrogens with one attached hydrogen (secondary N) is 2. The van der Waals surface area contributed by atoms with E-state index in [0.717, 1.165) is 16.7 Å². The monoisotopic (exact) mass is 503 g/mol. The number of hydrogen-bond acceptors (Lipinski definition) is 6. The van der Waals surface area contributed by atoms with E-state index in [2.05, 4.69) is 10.6 Å². The number of hydrogen-bond donors (Lipinski definition) is 3. The predicted molar refractivity (Wildman–Crippen MR) is 136 cm³/mol. The van der Waals surface area contributed by atoms with E-state index in [1.807, 2.05) is 66.7 Å². The molecule has 4 N–H and O–H groups in total. The summed E-state index contributed by atoms with van der Waals surface area (Å²) in [5.41, 5.74) is 7.44. The molecule has 0 unspecified atom stereocenters. The first-order valence-electron chi connectivity index (χ1n) is 11.7. The van der Waals surface area contributed by atoms with Gasteiger partial charge in [0.2, 0.25) is 5.91 Å². The highest BCUT2D eigenvalue weighted by atomic mass is 16.5. The molecule has 0 heterocycles. The van der Waals surface area contributed by atoms with Gasteiger partial charge in [-0.15, -0.1) is 0 Å². The van der Waals surface area contributed by atoms with Gasteiger partial charge in [0, 0.05) is 12.8 Å². The molecular formula is C28H29N3O6. The van der Waals surface area contributed by atoms with Crippen LogP contribution in [0.2, 0.25) is 0 Å². The van der Waals surface area contributed by atoms with E-state index in [1.54, 1.807) is 24.3 Å². The van der Waals surface area contributed by atoms with Crippen LogP contribution in [0.1, 0.15) is 16.7 Å². The molecule has 0 saturated carbocycles. The molecule has 3 aromatic carbocycles. The molecule has 0 radical (unpaired) electrons. The maximum absolute atomic E-state index is 13.3. The van der Waals surface area contributed by atoms with Gasteiger partial charge in [-0.3, -0.25) is 9.59 Å². The zero-order valence-electron chi connectivity index (χ0n) is 20.2. The molecule has 2 atom stereocenters. The number of nitrogens with two attached hydrogens (primary N) is 1. The van der Waals surface area contributed by atoms with Crippen LogP contribution in [0, 0.1) is 0 Å². The summed E-state index contributed by atoms with van der Waals surface area (Å²) in [6, 6.07) is 25.1. The molecule has 0 spiro atoms. The first-order valence-corrected chi connectivity index (χ1v) is 11.7. The van der Waals surface area contributed by atoms with Crippen molar-refractivity contribution < 1.29 is 28.7 Å². The molecule has 0 saturated heterocycles. The molecule has 192 valence electrons. The predicted octanol–water partition coefficient (Wildman–Crippen LogP) is 2.28. The zero-order chi connectivity index (χ0) is 26.5. The van der Waals surface area contributed by atoms with Crippen LogP contribution in [-0.2, 0) is 43.3 Å². The molecule has 0 aliphatic carbocycles. The third kappa shape index (κ3) is 9.48. The Morgan fingerprint density at radius 3 is 1.65 bits per heavy atom. The molecule has 9 heteroatoms. The van der Waals surface area contributed by atoms with Gasteiger partial charge < -0.3 is 25.8 Å². The minimum Gasteiger partial charge on any atom is -0.454 e. The summed E-state index contributed by atoms with van der Waals surface area (Å²) in [6.45, 7) is -0.583. The second-order valence-electron chi connectivity index (χ2n) is 8.27. The minimum atomic E-state index is -1.12. The normalized spacial score (nSPS) is 12.0. The molecule has 0 aliphatic rings. The number of amides is 3. The third-order valence-corrected chi connectivity index (χ3v) is 5.34. The number of ether oxygens (including phenoxy) is 2. The highest BCUT2D eigenvalue weighted by molar-refractivity contribution is 5.90. The summed E-state index contributed by atoms with van der Waals surface area (Å²) >= 11 is 0. The average Bonchev–Trinajstić information content (AvgIpc) is 2.91. The molecule has 0 bridgehead atoms. The van der Waals surface area contributed by atoms with E-state index in [9.17, 15) is 19.2 Å². The largest absolute Gasteiger partial charge is 0.454 e. The fraction of sp³-hybridized carbons (Fsp3) is 0.214. The van der Waals surface area contributed by atoms with Gasteiger partial charge in [-0.25, -0.2) is 9.59 Å². The number of alkyl carbamates (subject to hydrolysis) is 1. The molecule has 37 heavy (non-hydrogen) atoms. The summed E-state index contributed by atoms with van der Waals surface area (Å²) in [5, 5.41) is 5.25. The van der Waals surface area contributed by atoms with Gasteiger partial charge in [0.05, 0.1) is 0 Å². The fourth-order valence-corrected chi connectivity index (χ4v) is 3.52. The lowest BCUT2D eigenvalue weighted by Gasteiger charge is -2.23. The molecule has 0 aliphatic heterocycles. The lowest BCUT2D eigenvalue weighted by atomic mass is 10.0. The van der Waals surface area contributed by atoms with Crippen LogP contribution in [0.25, 0.3) is 0 Å². The van der Waals surface area contributed by atoms with Crippen molar-refractivity contribution in [3.63, 3.8) is 0 Å². The number of rotatable bonds is 12. The molecule has 9 nitrogen and oxygen atoms in total. The quantitative estimate of drug-likeness (QED) is 0.324. The summed E-state index contributed by atoms with van der Waals surface area (Å²) in [4.78, 5) is 49.7. The standard InChI is InChI=1S/C28H29N3O6/c29-25(32)19-36-27(34)24(17-21-12-6-2-7-13-21)30-26(33)23(16-20-10-4-1-5-11-20)31-28(35)37-18-22-14-8-3-9-15-22/h1-15,23-24H,16-19H2,(H2,29,32)(H,30,33)(H,31,35)/t23-,24-/m0/s1. The van der Waals surface area contributed by atoms with Crippen LogP contribution in [0.3, 0.4) is 0 Å². The fourth-order valence-electron chi connectivity index (χ4n) is 3.52. The van der Waals surface area contributed by atoms with E-state index in [0.29, 0.717) is 0 Å². The minimum absolute atomic E-state index is 0.0302. The van der Waals surface area contributed by atoms with Crippen LogP contribution in [0.5, 0.6) is 0 Å². The van der Waals surface area contributed by atoms with Gasteiger partial charge in [0.15, 0.2) is 6.61 Å². The van der Waals surface area contributed by atoms with Crippen LogP contribution in [0.4, 0.5) is 4.79 Å². The van der Waals surface area contributed by atoms with E-state index < -0.39 is 42.6 Å². The molecule has 3 aromatic rings. The Hall–Kier alpha value is -4.66. The van der Waals surface area contributed by atoms with E-state index in [4.69, 9.17) is 15.2 Å². The van der Waals surface area contributed by atoms with Crippen molar-refractivity contribution in [2.24, 2.45) is 5.73 Å². The van der Waals surface area contributed by atoms with Crippen molar-refractivity contribution in [2.75, 3.05) is 6.61 Å². The Kier molecular flexibility index (Phi) is 10.2. The van der Waals surface area contributed by atoms with Crippen LogP contribution >= 0.6 is 0 Å². The topological polar surface area (TPSA) is 137 Å². The Balaban J connectivity index is 1.73. The highest BCUT2D eigenvalue weighted by Gasteiger charge is 2.29. The number of esters is 1. The van der Waals surface area contributed by atoms with Crippen molar-refractivity contribution >= 4 is 23.9 Å². The second kappa shape index (κ2) is 14.0. The number of primary amides is 1. The van der Waals surface area contributed by atoms with Crippen LogP contribution in [0.15, 0.2) is 91.0 Å². The first-order chi connectivity index (χ1) is 17.9. The van der Waals surface area contributed by atoms with E-state index >= 15 is 0 Å². The molecule has 3 amide bonds. The Morgan fingerprint density at radius 2 is 1.14 bits per heavy atom. The van der Waals surface area contributed by atoms with Crippen molar-refractivity contribution in [2.45, 2.75) is 31.5 Å². The number of benzene rings is 3. The lowest BCUT2D eigenvalue weighted by molar-refractivity contribution is -0.151. The van der Waals surface area contributed by atoms with Crippen molar-refractivity contribution in [1.29, 1.82) is 0 Å². The number of carbonyl (C=O) groups excluding carboxylic acids is 4. The smallest absolute Gasteiger partial charge is 0.408 e. The maximum Gasteiger partial charge on any atom is 0.408 e. The van der Waals surface area contributed by atoms with Crippen molar-refractivity contribution in [3.05, 3.63) is 108 Å². The Labute approximate surface area is 215 Å². The zero-order valence-corrected chi connectivity index (χ0v) is 20.2. The summed E-state index contributed by atoms with van der Waals surface area (Å²) in [6.07, 6.45) is -0.516. The van der Waals surface area contributed by atoms with Gasteiger partial charge >= 0.3 is 12.1 Å². The van der Waals surface area contributed by atoms with Crippen molar-refractivity contribution in [1.82, 2.24) is 10.6 Å². The van der Waals surface area contributed by atoms with E-state index in [-0.39, 0.29) is 19.4 Å². The second-order valence-corrected chi connectivity index (χ2v) is 8.27. The Morgan fingerprint density at radius 1 is 0.649 bits per heavy atom. The van der Waals surface area contributed by atoms with Gasteiger partial charge in [0.25, 0.3) is 5.91 Å². The highest BCUT2D eigenvalue weighted by Crippen LogP contribution is 2.09. The molecule has 3 rings (SSSR count). The number of carbonyl (C=O) groups is 4. The molecule has 0 aromatic heterocycles. The third-order valence-electron chi connectivity index (χ3n) is 5.34. The van der Waals surface area contributed by atoms with Crippen LogP contribution in [-0.4, -0.2) is 42.6 Å². The average molecular weight is 504 g/mol. The molecule has 0 fully saturated rings. The SMILES string of the molecule is NC(=O)COC(=O)[C@H](Cc1ccccc1)NC(=O)[C@H](Cc1ccccc1)NC(=O)OCc1ccccc1. The summed E-state index contributed by atoms with van der Waals surface area (Å²) < 4.78 is 10.3. The van der Waals surface area contributed by atoms with Gasteiger partial charge in [-0.2, -0.15) is 0 Å². The van der Waals surface area contributed by atoms with E-state index in [1.165, 1.54) is 0 Å². The summed E-state index contributed by atoms with van der Waals surface area (Å²) in [5.74, 6) is -2.25. The maximum atomic E-state index is 13.3. The van der Waals surface area contributed by atoms with Crippen molar-refractivity contribution in [3.8, 4) is 0 Å². The van der Waals surface area contributed by atoms with Gasteiger partial charge in [0.1, 0.15) is 18.7 Å². The summed E-state index contributed by atoms with van der Waals surface area (Å²) in [7, 11) is 0. The first kappa shape index (κ1) is 26.9. The van der Waals surface area contributed by atoms with Gasteiger partial charge in [-0.05, 0) is 16.7 Å². The van der Waals surface area contributed by atoms with Gasteiger partial charge in [-0.1, -0.05) is 91.0 Å². The lowest BCUT2D eigenvalue weighted by Crippen LogP contribution is -2.53. The van der Waals surface area contributed by atoms with Crippen LogP contribution < -0.4 is 16.4 Å². The molecular weight excluding hydrogens is 474 g/mol.